The Bertz CT molecular complexity index is 163. The summed E-state index contributed by atoms with van der Waals surface area (Å²) in [4.78, 5) is 0. The zero-order chi connectivity index (χ0) is 6.53. The summed E-state index contributed by atoms with van der Waals surface area (Å²) in [6, 6.07) is 0. The molecule has 0 atom stereocenters. The fraction of sp³-hybridized carbons (Fsp3) is 0.250. The van der Waals surface area contributed by atoms with Crippen molar-refractivity contribution in [1.29, 1.82) is 0 Å². The second-order valence-electron chi connectivity index (χ2n) is 1.85. The molecule has 0 fully saturated rings. The zero-order valence-electron chi connectivity index (χ0n) is 5.10. The quantitative estimate of drug-likeness (QED) is 0.457. The van der Waals surface area contributed by atoms with Crippen molar-refractivity contribution >= 4 is 15.9 Å². The van der Waals surface area contributed by atoms with Crippen molar-refractivity contribution in [2.45, 2.75) is 6.42 Å². The molecule has 0 N–H and O–H groups in total. The standard InChI is InChI=1S/C8H8Br/c9-7-6-8-4-2-1-3-5-8/h2-5H,6-7H2/q+1. The van der Waals surface area contributed by atoms with Crippen LogP contribution in [-0.4, -0.2) is 5.33 Å². The van der Waals surface area contributed by atoms with Gasteiger partial charge in [-0.05, 0) is 0 Å². The maximum absolute atomic E-state index is 3.38. The fourth-order valence-corrected chi connectivity index (χ4v) is 1.16. The smallest absolute Gasteiger partial charge is 0.0924 e. The van der Waals surface area contributed by atoms with Gasteiger partial charge in [0.15, 0.2) is 0 Å². The molecule has 0 aromatic carbocycles. The molecule has 0 heterocycles. The SMILES string of the molecule is BrCCC1=CC=[C+]C=C1. The summed E-state index contributed by atoms with van der Waals surface area (Å²) in [7, 11) is 0. The molecule has 1 rings (SSSR count). The Morgan fingerprint density at radius 1 is 1.56 bits per heavy atom. The summed E-state index contributed by atoms with van der Waals surface area (Å²) in [5, 5.41) is 1.04. The second-order valence-corrected chi connectivity index (χ2v) is 2.64. The summed E-state index contributed by atoms with van der Waals surface area (Å²) >= 11 is 3.38. The van der Waals surface area contributed by atoms with Gasteiger partial charge >= 0.3 is 0 Å². The van der Waals surface area contributed by atoms with Crippen LogP contribution in [0.4, 0.5) is 0 Å². The first-order valence-electron chi connectivity index (χ1n) is 2.94. The molecule has 46 valence electrons. The van der Waals surface area contributed by atoms with E-state index in [-0.39, 0.29) is 0 Å². The lowest BCUT2D eigenvalue weighted by Gasteiger charge is -1.89. The van der Waals surface area contributed by atoms with E-state index in [1.165, 1.54) is 5.57 Å². The molecule has 1 heteroatoms. The third kappa shape index (κ3) is 2.13. The van der Waals surface area contributed by atoms with Crippen LogP contribution in [0, 0.1) is 6.08 Å². The first-order chi connectivity index (χ1) is 4.43. The Morgan fingerprint density at radius 2 is 2.44 bits per heavy atom. The van der Waals surface area contributed by atoms with Crippen molar-refractivity contribution in [1.82, 2.24) is 0 Å². The third-order valence-corrected chi connectivity index (χ3v) is 1.57. The number of allylic oxidation sites excluding steroid dienone is 6. The van der Waals surface area contributed by atoms with Gasteiger partial charge in [-0.25, -0.2) is 0 Å². The molecule has 0 aromatic heterocycles. The third-order valence-electron chi connectivity index (χ3n) is 1.17. The first-order valence-corrected chi connectivity index (χ1v) is 4.06. The molecular weight excluding hydrogens is 176 g/mol. The van der Waals surface area contributed by atoms with E-state index in [0.29, 0.717) is 0 Å². The van der Waals surface area contributed by atoms with E-state index in [1.807, 2.05) is 12.2 Å². The van der Waals surface area contributed by atoms with Crippen LogP contribution >= 0.6 is 15.9 Å². The molecule has 0 saturated heterocycles. The average Bonchev–Trinajstić information content (AvgIpc) is 1.91. The highest BCUT2D eigenvalue weighted by Crippen LogP contribution is 2.08. The lowest BCUT2D eigenvalue weighted by molar-refractivity contribution is 1.17. The van der Waals surface area contributed by atoms with E-state index in [0.717, 1.165) is 11.8 Å². The zero-order valence-corrected chi connectivity index (χ0v) is 6.69. The monoisotopic (exact) mass is 183 g/mol. The Morgan fingerprint density at radius 3 is 3.00 bits per heavy atom. The van der Waals surface area contributed by atoms with E-state index in [9.17, 15) is 0 Å². The number of hydrogen-bond donors (Lipinski definition) is 0. The van der Waals surface area contributed by atoms with Gasteiger partial charge < -0.3 is 0 Å². The van der Waals surface area contributed by atoms with Crippen molar-refractivity contribution in [3.05, 3.63) is 36.0 Å². The van der Waals surface area contributed by atoms with Crippen molar-refractivity contribution in [3.8, 4) is 0 Å². The van der Waals surface area contributed by atoms with Crippen LogP contribution in [0.15, 0.2) is 29.9 Å². The van der Waals surface area contributed by atoms with Crippen LogP contribution < -0.4 is 0 Å². The van der Waals surface area contributed by atoms with Gasteiger partial charge in [-0.2, -0.15) is 0 Å². The number of hydrogen-bond acceptors (Lipinski definition) is 0. The Hall–Kier alpha value is -0.390. The van der Waals surface area contributed by atoms with E-state index in [2.05, 4.69) is 34.2 Å². The van der Waals surface area contributed by atoms with Gasteiger partial charge in [0, 0.05) is 17.8 Å². The van der Waals surface area contributed by atoms with Gasteiger partial charge in [0.2, 0.25) is 0 Å². The molecule has 1 aliphatic carbocycles. The van der Waals surface area contributed by atoms with Crippen molar-refractivity contribution < 1.29 is 0 Å². The van der Waals surface area contributed by atoms with Gasteiger partial charge in [-0.3, -0.25) is 0 Å². The maximum atomic E-state index is 3.38. The minimum Gasteiger partial charge on any atom is -0.0924 e. The molecule has 0 spiro atoms. The van der Waals surface area contributed by atoms with E-state index in [1.54, 1.807) is 0 Å². The Labute approximate surface area is 64.1 Å². The Balaban J connectivity index is 2.51. The van der Waals surface area contributed by atoms with Gasteiger partial charge in [0.05, 0.1) is 17.7 Å². The van der Waals surface area contributed by atoms with Gasteiger partial charge in [-0.15, -0.1) is 0 Å². The van der Waals surface area contributed by atoms with Crippen molar-refractivity contribution in [2.75, 3.05) is 5.33 Å². The molecule has 0 aromatic rings. The maximum Gasteiger partial charge on any atom is 0.103 e. The molecule has 1 aliphatic rings. The lowest BCUT2D eigenvalue weighted by Crippen LogP contribution is -1.81. The minimum absolute atomic E-state index is 1.04. The van der Waals surface area contributed by atoms with Crippen molar-refractivity contribution in [3.63, 3.8) is 0 Å². The van der Waals surface area contributed by atoms with E-state index >= 15 is 0 Å². The van der Waals surface area contributed by atoms with E-state index in [4.69, 9.17) is 0 Å². The summed E-state index contributed by atoms with van der Waals surface area (Å²) in [6.45, 7) is 0. The highest BCUT2D eigenvalue weighted by molar-refractivity contribution is 9.09. The van der Waals surface area contributed by atoms with Crippen molar-refractivity contribution in [2.24, 2.45) is 0 Å². The molecule has 0 amide bonds. The largest absolute Gasteiger partial charge is 0.103 e. The summed E-state index contributed by atoms with van der Waals surface area (Å²) in [5.41, 5.74) is 1.37. The van der Waals surface area contributed by atoms with Crippen LogP contribution in [0.3, 0.4) is 0 Å². The summed E-state index contributed by atoms with van der Waals surface area (Å²) in [6.07, 6.45) is 12.1. The minimum atomic E-state index is 1.04. The predicted molar refractivity (Wildman–Crippen MR) is 43.4 cm³/mol. The van der Waals surface area contributed by atoms with Crippen LogP contribution in [0.2, 0.25) is 0 Å². The fourth-order valence-electron chi connectivity index (χ4n) is 0.697. The molecule has 0 unspecified atom stereocenters. The van der Waals surface area contributed by atoms with Gasteiger partial charge in [-0.1, -0.05) is 15.9 Å². The number of rotatable bonds is 2. The number of halogens is 1. The summed E-state index contributed by atoms with van der Waals surface area (Å²) in [5.74, 6) is 0. The van der Waals surface area contributed by atoms with Crippen LogP contribution in [0.5, 0.6) is 0 Å². The highest BCUT2D eigenvalue weighted by atomic mass is 79.9. The molecule has 0 radical (unpaired) electrons. The molecule has 0 aliphatic heterocycles. The predicted octanol–water partition coefficient (Wildman–Crippen LogP) is 2.63. The lowest BCUT2D eigenvalue weighted by atomic mass is 10.1. The number of alkyl halides is 1. The summed E-state index contributed by atoms with van der Waals surface area (Å²) < 4.78 is 0. The van der Waals surface area contributed by atoms with Crippen LogP contribution in [-0.2, 0) is 0 Å². The van der Waals surface area contributed by atoms with E-state index < -0.39 is 0 Å². The van der Waals surface area contributed by atoms with Gasteiger partial charge in [0.1, 0.15) is 12.2 Å². The molecule has 0 nitrogen and oxygen atoms in total. The first kappa shape index (κ1) is 6.73. The van der Waals surface area contributed by atoms with Crippen LogP contribution in [0.25, 0.3) is 0 Å². The molecule has 0 bridgehead atoms. The normalized spacial score (nSPS) is 15.0. The van der Waals surface area contributed by atoms with Gasteiger partial charge in [0.25, 0.3) is 0 Å². The second kappa shape index (κ2) is 3.60. The molecular formula is C8H8Br+. The topological polar surface area (TPSA) is 0 Å². The highest BCUT2D eigenvalue weighted by Gasteiger charge is 1.98. The Kier molecular flexibility index (Phi) is 2.69. The average molecular weight is 184 g/mol. The molecule has 9 heavy (non-hydrogen) atoms. The molecule has 0 saturated carbocycles. The van der Waals surface area contributed by atoms with Crippen LogP contribution in [0.1, 0.15) is 6.42 Å².